The van der Waals surface area contributed by atoms with Crippen LogP contribution in [-0.2, 0) is 94.1 Å². The average Bonchev–Trinajstić information content (AvgIpc) is 2.27. The monoisotopic (exact) mass is 428 g/mol. The Morgan fingerprint density at radius 1 is 0.947 bits per heavy atom. The van der Waals surface area contributed by atoms with E-state index in [1.54, 1.807) is 0 Å². The van der Waals surface area contributed by atoms with Gasteiger partial charge in [-0.05, 0) is 0 Å². The molecule has 0 aliphatic carbocycles. The summed E-state index contributed by atoms with van der Waals surface area (Å²) in [5, 5.41) is 0. The van der Waals surface area contributed by atoms with Crippen LogP contribution in [0.5, 0.6) is 0 Å². The number of hydrogen-bond donors (Lipinski definition) is 2. The van der Waals surface area contributed by atoms with Crippen molar-refractivity contribution >= 4 is 25.5 Å². The van der Waals surface area contributed by atoms with E-state index in [4.69, 9.17) is 14.2 Å². The van der Waals surface area contributed by atoms with Gasteiger partial charge in [0.05, 0.1) is 6.42 Å². The molecule has 4 N–H and O–H groups in total. The van der Waals surface area contributed by atoms with Crippen LogP contribution in [0.15, 0.2) is 0 Å². The Morgan fingerprint density at radius 3 is 1.79 bits per heavy atom. The molecule has 8 nitrogen and oxygen atoms in total. The van der Waals surface area contributed by atoms with Gasteiger partial charge in [0.1, 0.15) is 15.3 Å². The van der Waals surface area contributed by atoms with E-state index >= 15 is 0 Å². The molecule has 0 spiro atoms. The molecular formula is C9H16N2O6Y2. The van der Waals surface area contributed by atoms with Crippen LogP contribution < -0.4 is 11.5 Å². The standard InChI is InChI=1S/C5H9NO3.C4H7NO3.2Y/c6-5(9-4-8)2-1-3-7;5-4(1-2-6)8-3-7;;/h3-5H,1-2,6H2;2-4H,1,5H2;;/i3D;2D;;. The molecule has 0 aromatic carbocycles. The van der Waals surface area contributed by atoms with Crippen molar-refractivity contribution < 1.29 is 96.8 Å². The number of rotatable bonds is 9. The first-order chi connectivity index (χ1) is 8.83. The molecule has 0 rings (SSSR count). The molecule has 0 amide bonds. The van der Waals surface area contributed by atoms with E-state index < -0.39 is 25.0 Å². The summed E-state index contributed by atoms with van der Waals surface area (Å²) in [5.41, 5.74) is 10.1. The summed E-state index contributed by atoms with van der Waals surface area (Å²) < 4.78 is 21.2. The summed E-state index contributed by atoms with van der Waals surface area (Å²) in [6, 6.07) is 0. The molecular weight excluding hydrogens is 410 g/mol. The van der Waals surface area contributed by atoms with Crippen LogP contribution in [0.25, 0.3) is 0 Å². The van der Waals surface area contributed by atoms with Crippen molar-refractivity contribution in [3.8, 4) is 0 Å². The molecule has 0 saturated heterocycles. The number of aldehydes is 2. The second-order valence-electron chi connectivity index (χ2n) is 2.57. The van der Waals surface area contributed by atoms with Crippen LogP contribution in [0, 0.1) is 0 Å². The van der Waals surface area contributed by atoms with Gasteiger partial charge in [-0.1, -0.05) is 0 Å². The molecule has 0 heterocycles. The van der Waals surface area contributed by atoms with Gasteiger partial charge in [0, 0.05) is 78.3 Å². The molecule has 2 atom stereocenters. The maximum absolute atomic E-state index is 10.0. The molecule has 0 aromatic heterocycles. The van der Waals surface area contributed by atoms with Crippen molar-refractivity contribution in [2.45, 2.75) is 31.7 Å². The van der Waals surface area contributed by atoms with Crippen LogP contribution in [0.3, 0.4) is 0 Å². The third-order valence-corrected chi connectivity index (χ3v) is 1.28. The van der Waals surface area contributed by atoms with Crippen molar-refractivity contribution in [2.75, 3.05) is 0 Å². The number of ether oxygens (including phenoxy) is 2. The number of nitrogens with two attached hydrogens (primary N) is 2. The molecule has 19 heavy (non-hydrogen) atoms. The largest absolute Gasteiger partial charge is 0.449 e. The van der Waals surface area contributed by atoms with Crippen LogP contribution in [0.4, 0.5) is 0 Å². The Hall–Kier alpha value is 0.408. The molecule has 0 bridgehead atoms. The van der Waals surface area contributed by atoms with E-state index in [2.05, 4.69) is 9.47 Å². The van der Waals surface area contributed by atoms with E-state index in [9.17, 15) is 19.2 Å². The smallest absolute Gasteiger partial charge is 0.294 e. The van der Waals surface area contributed by atoms with Gasteiger partial charge >= 0.3 is 0 Å². The van der Waals surface area contributed by atoms with Gasteiger partial charge in [-0.25, -0.2) is 0 Å². The Kier molecular flexibility index (Phi) is 26.8. The van der Waals surface area contributed by atoms with E-state index in [0.717, 1.165) is 0 Å². The molecule has 2 radical (unpaired) electrons. The zero-order valence-electron chi connectivity index (χ0n) is 12.2. The Balaban J connectivity index is -0.000000126. The number of carbonyl (C=O) groups is 4. The summed E-state index contributed by atoms with van der Waals surface area (Å²) in [4.78, 5) is 39.1. The Labute approximate surface area is 164 Å². The van der Waals surface area contributed by atoms with Crippen molar-refractivity contribution in [2.24, 2.45) is 11.5 Å². The Morgan fingerprint density at radius 2 is 1.42 bits per heavy atom. The molecule has 104 valence electrons. The molecule has 0 aliphatic rings. The second-order valence-corrected chi connectivity index (χ2v) is 2.57. The third-order valence-electron chi connectivity index (χ3n) is 1.28. The fourth-order valence-corrected chi connectivity index (χ4v) is 0.542. The second kappa shape index (κ2) is 23.5. The summed E-state index contributed by atoms with van der Waals surface area (Å²) in [5.74, 6) is 0. The number of hydrogen-bond acceptors (Lipinski definition) is 8. The summed E-state index contributed by atoms with van der Waals surface area (Å²) in [6.45, 7) is 0.368. The first-order valence-electron chi connectivity index (χ1n) is 5.51. The molecule has 0 aromatic rings. The van der Waals surface area contributed by atoms with Crippen LogP contribution in [-0.4, -0.2) is 37.9 Å². The number of carbonyl (C=O) groups excluding carboxylic acids is 4. The predicted octanol–water partition coefficient (Wildman–Crippen LogP) is -1.55. The molecule has 10 heteroatoms. The quantitative estimate of drug-likeness (QED) is 0.333. The third kappa shape index (κ3) is 27.6. The van der Waals surface area contributed by atoms with Crippen molar-refractivity contribution in [3.63, 3.8) is 0 Å². The Bertz CT molecular complexity index is 312. The average molecular weight is 428 g/mol. The molecule has 2 unspecified atom stereocenters. The maximum Gasteiger partial charge on any atom is 0.294 e. The first kappa shape index (κ1) is 21.7. The fraction of sp³-hybridized carbons (Fsp3) is 0.556. The van der Waals surface area contributed by atoms with Crippen LogP contribution in [0.1, 0.15) is 22.0 Å². The zero-order chi connectivity index (χ0) is 15.3. The molecule has 0 fully saturated rings. The van der Waals surface area contributed by atoms with Gasteiger partial charge in [0.25, 0.3) is 12.9 Å². The van der Waals surface area contributed by atoms with Crippen molar-refractivity contribution in [1.82, 2.24) is 0 Å². The van der Waals surface area contributed by atoms with E-state index in [0.29, 0.717) is 0 Å². The van der Waals surface area contributed by atoms with Gasteiger partial charge in [-0.2, -0.15) is 0 Å². The van der Waals surface area contributed by atoms with Crippen LogP contribution >= 0.6 is 0 Å². The van der Waals surface area contributed by atoms with E-state index in [1.165, 1.54) is 0 Å². The minimum Gasteiger partial charge on any atom is -0.449 e. The molecule has 0 aliphatic heterocycles. The summed E-state index contributed by atoms with van der Waals surface area (Å²) >= 11 is 0. The normalized spacial score (nSPS) is 12.3. The van der Waals surface area contributed by atoms with E-state index in [-0.39, 0.29) is 97.6 Å². The minimum absolute atomic E-state index is 0. The minimum atomic E-state index is -0.965. The van der Waals surface area contributed by atoms with Gasteiger partial charge in [-0.15, -0.1) is 0 Å². The summed E-state index contributed by atoms with van der Waals surface area (Å²) in [7, 11) is 0. The maximum atomic E-state index is 10.0. The van der Waals surface area contributed by atoms with Crippen molar-refractivity contribution in [1.29, 1.82) is 0 Å². The summed E-state index contributed by atoms with van der Waals surface area (Å²) in [6.07, 6.45) is -3.29. The first-order valence-corrected chi connectivity index (χ1v) is 4.51. The topological polar surface area (TPSA) is 139 Å². The fourth-order valence-electron chi connectivity index (χ4n) is 0.542. The van der Waals surface area contributed by atoms with Gasteiger partial charge < -0.3 is 19.1 Å². The van der Waals surface area contributed by atoms with Gasteiger partial charge in [0.2, 0.25) is 0 Å². The zero-order valence-corrected chi connectivity index (χ0v) is 15.9. The van der Waals surface area contributed by atoms with Gasteiger partial charge in [0.15, 0.2) is 12.5 Å². The van der Waals surface area contributed by atoms with Crippen LogP contribution in [0.2, 0.25) is 0 Å². The van der Waals surface area contributed by atoms with E-state index in [1.807, 2.05) is 0 Å². The molecule has 0 saturated carbocycles. The SMILES string of the molecule is [2H]C(=O)CC(N)OC=O.[2H]C(=O)CCC(N)OC=O.[Y].[Y]. The van der Waals surface area contributed by atoms with Crippen molar-refractivity contribution in [3.05, 3.63) is 0 Å². The predicted molar refractivity (Wildman–Crippen MR) is 56.2 cm³/mol. The van der Waals surface area contributed by atoms with Gasteiger partial charge in [-0.3, -0.25) is 21.1 Å².